The lowest BCUT2D eigenvalue weighted by Gasteiger charge is -2.18. The summed E-state index contributed by atoms with van der Waals surface area (Å²) < 4.78 is 5.68. The van der Waals surface area contributed by atoms with Crippen LogP contribution in [0.25, 0.3) is 0 Å². The van der Waals surface area contributed by atoms with E-state index in [-0.39, 0.29) is 0 Å². The smallest absolute Gasteiger partial charge is 0.119 e. The van der Waals surface area contributed by atoms with Gasteiger partial charge in [0.15, 0.2) is 0 Å². The molecule has 0 saturated heterocycles. The van der Waals surface area contributed by atoms with Crippen molar-refractivity contribution in [2.75, 3.05) is 7.11 Å². The van der Waals surface area contributed by atoms with Crippen molar-refractivity contribution in [3.63, 3.8) is 0 Å². The van der Waals surface area contributed by atoms with E-state index in [2.05, 4.69) is 103 Å². The predicted octanol–water partition coefficient (Wildman–Crippen LogP) is 6.47. The molecule has 1 nitrogen and oxygen atoms in total. The van der Waals surface area contributed by atoms with Crippen LogP contribution in [0.2, 0.25) is 0 Å². The largest absolute Gasteiger partial charge is 0.497 e. The van der Waals surface area contributed by atoms with Gasteiger partial charge < -0.3 is 4.74 Å². The molecule has 0 bridgehead atoms. The number of hydrogen-bond donors (Lipinski definition) is 0. The van der Waals surface area contributed by atoms with Gasteiger partial charge in [0, 0.05) is 0 Å². The van der Waals surface area contributed by atoms with E-state index >= 15 is 0 Å². The van der Waals surface area contributed by atoms with Crippen LogP contribution in [0.3, 0.4) is 0 Å². The zero-order valence-electron chi connectivity index (χ0n) is 16.8. The Bertz CT molecular complexity index is 975. The highest BCUT2D eigenvalue weighted by atomic mass is 16.5. The second-order valence-corrected chi connectivity index (χ2v) is 7.41. The molecule has 0 aliphatic rings. The number of ether oxygens (including phenoxy) is 1. The van der Waals surface area contributed by atoms with Gasteiger partial charge in [-0.15, -0.1) is 0 Å². The Labute approximate surface area is 173 Å². The molecule has 0 aliphatic carbocycles. The average Bonchev–Trinajstić information content (AvgIpc) is 2.78. The topological polar surface area (TPSA) is 9.23 Å². The first-order valence-corrected chi connectivity index (χ1v) is 10.1. The Balaban J connectivity index is 1.79. The summed E-state index contributed by atoms with van der Waals surface area (Å²) in [7, 11) is 1.75. The highest BCUT2D eigenvalue weighted by Crippen LogP contribution is 2.29. The minimum atomic E-state index is 0.905. The zero-order chi connectivity index (χ0) is 19.9. The van der Waals surface area contributed by atoms with E-state index in [0.29, 0.717) is 0 Å². The molecule has 0 aliphatic heterocycles. The highest BCUT2D eigenvalue weighted by molar-refractivity contribution is 5.48. The van der Waals surface area contributed by atoms with E-state index in [1.807, 2.05) is 0 Å². The molecule has 144 valence electrons. The Hall–Kier alpha value is -3.32. The van der Waals surface area contributed by atoms with Crippen molar-refractivity contribution in [2.45, 2.75) is 19.3 Å². The van der Waals surface area contributed by atoms with Gasteiger partial charge >= 0.3 is 0 Å². The third kappa shape index (κ3) is 4.94. The fraction of sp³-hybridized carbons (Fsp3) is 0.143. The van der Waals surface area contributed by atoms with Gasteiger partial charge in [-0.3, -0.25) is 0 Å². The molecule has 0 saturated carbocycles. The van der Waals surface area contributed by atoms with Gasteiger partial charge in [0.05, 0.1) is 7.11 Å². The van der Waals surface area contributed by atoms with Gasteiger partial charge in [0.2, 0.25) is 0 Å². The monoisotopic (exact) mass is 378 g/mol. The number of rotatable bonds is 7. The molecule has 4 aromatic rings. The van der Waals surface area contributed by atoms with Crippen LogP contribution in [-0.2, 0) is 19.3 Å². The lowest BCUT2D eigenvalue weighted by Crippen LogP contribution is -2.05. The fourth-order valence-electron chi connectivity index (χ4n) is 3.86. The summed E-state index contributed by atoms with van der Waals surface area (Å²) in [6.07, 6.45) is 2.74. The maximum Gasteiger partial charge on any atom is 0.119 e. The first-order chi connectivity index (χ1) is 14.3. The molecule has 0 radical (unpaired) electrons. The molecule has 0 fully saturated rings. The van der Waals surface area contributed by atoms with Crippen LogP contribution in [0.5, 0.6) is 5.75 Å². The normalized spacial score (nSPS) is 10.7. The van der Waals surface area contributed by atoms with Gasteiger partial charge in [-0.05, 0) is 64.8 Å². The van der Waals surface area contributed by atoms with Gasteiger partial charge in [-0.2, -0.15) is 0 Å². The highest BCUT2D eigenvalue weighted by Gasteiger charge is 2.14. The number of methoxy groups -OCH3 is 1. The van der Waals surface area contributed by atoms with Gasteiger partial charge in [0.1, 0.15) is 5.75 Å². The second-order valence-electron chi connectivity index (χ2n) is 7.41. The number of hydrogen-bond acceptors (Lipinski definition) is 1. The molecule has 0 aromatic heterocycles. The lowest BCUT2D eigenvalue weighted by atomic mass is 9.88. The molecule has 0 amide bonds. The molecular formula is C28H26O. The molecule has 4 aromatic carbocycles. The summed E-state index contributed by atoms with van der Waals surface area (Å²) in [5.41, 5.74) is 8.06. The maximum absolute atomic E-state index is 5.68. The van der Waals surface area contributed by atoms with Crippen molar-refractivity contribution in [1.82, 2.24) is 0 Å². The third-order valence-electron chi connectivity index (χ3n) is 5.34. The first-order valence-electron chi connectivity index (χ1n) is 10.1. The van der Waals surface area contributed by atoms with E-state index in [1.165, 1.54) is 33.4 Å². The Kier molecular flexibility index (Phi) is 6.07. The SMILES string of the molecule is COc1cc(Cc2ccccc2)c(Cc2ccccc2)c(Cc2ccccc2)c1. The van der Waals surface area contributed by atoms with Crippen LogP contribution in [-0.4, -0.2) is 7.11 Å². The van der Waals surface area contributed by atoms with Crippen molar-refractivity contribution in [3.8, 4) is 5.75 Å². The van der Waals surface area contributed by atoms with E-state index < -0.39 is 0 Å². The van der Waals surface area contributed by atoms with E-state index in [4.69, 9.17) is 4.74 Å². The van der Waals surface area contributed by atoms with E-state index in [1.54, 1.807) is 7.11 Å². The lowest BCUT2D eigenvalue weighted by molar-refractivity contribution is 0.413. The van der Waals surface area contributed by atoms with Crippen molar-refractivity contribution in [3.05, 3.63) is 137 Å². The first kappa shape index (κ1) is 19.0. The zero-order valence-corrected chi connectivity index (χ0v) is 16.8. The molecule has 1 heteroatoms. The van der Waals surface area contributed by atoms with Crippen LogP contribution in [0.1, 0.15) is 33.4 Å². The molecule has 0 heterocycles. The Morgan fingerprint density at radius 2 is 0.897 bits per heavy atom. The van der Waals surface area contributed by atoms with Crippen LogP contribution in [0.15, 0.2) is 103 Å². The number of benzene rings is 4. The summed E-state index contributed by atoms with van der Waals surface area (Å²) in [5.74, 6) is 0.929. The third-order valence-corrected chi connectivity index (χ3v) is 5.34. The molecule has 0 spiro atoms. The predicted molar refractivity (Wildman–Crippen MR) is 121 cm³/mol. The minimum Gasteiger partial charge on any atom is -0.497 e. The van der Waals surface area contributed by atoms with Crippen LogP contribution in [0, 0.1) is 0 Å². The summed E-state index contributed by atoms with van der Waals surface area (Å²) in [6.45, 7) is 0. The minimum absolute atomic E-state index is 0.905. The summed E-state index contributed by atoms with van der Waals surface area (Å²) in [5, 5.41) is 0. The van der Waals surface area contributed by atoms with Crippen LogP contribution < -0.4 is 4.74 Å². The summed E-state index contributed by atoms with van der Waals surface area (Å²) in [6, 6.07) is 36.5. The van der Waals surface area contributed by atoms with E-state index in [0.717, 1.165) is 25.0 Å². The van der Waals surface area contributed by atoms with Crippen molar-refractivity contribution < 1.29 is 4.74 Å². The molecular weight excluding hydrogens is 352 g/mol. The molecule has 4 rings (SSSR count). The average molecular weight is 379 g/mol. The summed E-state index contributed by atoms with van der Waals surface area (Å²) in [4.78, 5) is 0. The van der Waals surface area contributed by atoms with Gasteiger partial charge in [0.25, 0.3) is 0 Å². The maximum atomic E-state index is 5.68. The fourth-order valence-corrected chi connectivity index (χ4v) is 3.86. The standard InChI is InChI=1S/C28H26O/c1-29-27-20-25(17-22-11-5-2-6-12-22)28(19-24-15-9-4-10-16-24)26(21-27)18-23-13-7-3-8-14-23/h2-16,20-21H,17-19H2,1H3. The summed E-state index contributed by atoms with van der Waals surface area (Å²) >= 11 is 0. The molecule has 0 N–H and O–H groups in total. The molecule has 0 unspecified atom stereocenters. The quantitative estimate of drug-likeness (QED) is 0.358. The van der Waals surface area contributed by atoms with Gasteiger partial charge in [-0.25, -0.2) is 0 Å². The molecule has 29 heavy (non-hydrogen) atoms. The second kappa shape index (κ2) is 9.25. The Morgan fingerprint density at radius 1 is 0.517 bits per heavy atom. The van der Waals surface area contributed by atoms with Crippen molar-refractivity contribution in [1.29, 1.82) is 0 Å². The van der Waals surface area contributed by atoms with E-state index in [9.17, 15) is 0 Å². The Morgan fingerprint density at radius 3 is 1.28 bits per heavy atom. The van der Waals surface area contributed by atoms with Crippen LogP contribution in [0.4, 0.5) is 0 Å². The van der Waals surface area contributed by atoms with Crippen molar-refractivity contribution in [2.24, 2.45) is 0 Å². The van der Waals surface area contributed by atoms with Crippen LogP contribution >= 0.6 is 0 Å². The molecule has 0 atom stereocenters. The van der Waals surface area contributed by atoms with Gasteiger partial charge in [-0.1, -0.05) is 91.0 Å². The van der Waals surface area contributed by atoms with Crippen molar-refractivity contribution >= 4 is 0 Å².